The maximum atomic E-state index is 12.7. The van der Waals surface area contributed by atoms with E-state index in [2.05, 4.69) is 0 Å². The van der Waals surface area contributed by atoms with Gasteiger partial charge in [0.1, 0.15) is 17.1 Å². The summed E-state index contributed by atoms with van der Waals surface area (Å²) in [6, 6.07) is 25.5. The average molecular weight is 494 g/mol. The first-order chi connectivity index (χ1) is 16.8. The summed E-state index contributed by atoms with van der Waals surface area (Å²) < 4.78 is 17.9. The number of hydrogen-bond donors (Lipinski definition) is 0. The average Bonchev–Trinajstić information content (AvgIpc) is 2.84. The van der Waals surface area contributed by atoms with E-state index in [1.807, 2.05) is 99.6 Å². The fraction of sp³-hybridized carbons (Fsp3) is 0.345. The van der Waals surface area contributed by atoms with Crippen LogP contribution in [0.3, 0.4) is 0 Å². The molecule has 0 N–H and O–H groups in total. The van der Waals surface area contributed by atoms with Crippen molar-refractivity contribution in [3.63, 3.8) is 0 Å². The van der Waals surface area contributed by atoms with E-state index in [4.69, 9.17) is 25.8 Å². The van der Waals surface area contributed by atoms with Crippen molar-refractivity contribution >= 4 is 17.7 Å². The zero-order valence-electron chi connectivity index (χ0n) is 20.4. The van der Waals surface area contributed by atoms with Crippen molar-refractivity contribution in [3.05, 3.63) is 95.0 Å². The van der Waals surface area contributed by atoms with Gasteiger partial charge in [0, 0.05) is 17.5 Å². The Morgan fingerprint density at radius 3 is 2.26 bits per heavy atom. The summed E-state index contributed by atoms with van der Waals surface area (Å²) in [5.74, 6) is 1.73. The summed E-state index contributed by atoms with van der Waals surface area (Å²) in [5.41, 5.74) is 1.66. The Morgan fingerprint density at radius 2 is 1.60 bits per heavy atom. The number of amides is 1. The van der Waals surface area contributed by atoms with Gasteiger partial charge < -0.3 is 19.1 Å². The molecule has 1 saturated heterocycles. The molecule has 3 aromatic rings. The second kappa shape index (κ2) is 11.1. The van der Waals surface area contributed by atoms with E-state index in [0.29, 0.717) is 24.7 Å². The lowest BCUT2D eigenvalue weighted by atomic mass is 9.87. The van der Waals surface area contributed by atoms with Gasteiger partial charge in [-0.2, -0.15) is 0 Å². The number of para-hydroxylation sites is 1. The second-order valence-electron chi connectivity index (χ2n) is 9.78. The van der Waals surface area contributed by atoms with Gasteiger partial charge in [0.2, 0.25) is 0 Å². The van der Waals surface area contributed by atoms with Crippen LogP contribution >= 0.6 is 11.6 Å². The van der Waals surface area contributed by atoms with E-state index in [9.17, 15) is 4.79 Å². The molecular formula is C29H32ClNO4. The number of ether oxygens (including phenoxy) is 3. The van der Waals surface area contributed by atoms with Gasteiger partial charge in [-0.15, -0.1) is 0 Å². The first kappa shape index (κ1) is 25.1. The van der Waals surface area contributed by atoms with Crippen molar-refractivity contribution in [1.29, 1.82) is 0 Å². The molecule has 1 fully saturated rings. The van der Waals surface area contributed by atoms with Crippen LogP contribution in [-0.4, -0.2) is 35.8 Å². The molecule has 0 bridgehead atoms. The molecule has 1 aliphatic heterocycles. The number of carbonyl (C=O) groups excluding carboxylic acids is 1. The van der Waals surface area contributed by atoms with Crippen LogP contribution in [-0.2, 0) is 16.1 Å². The molecule has 5 nitrogen and oxygen atoms in total. The fourth-order valence-corrected chi connectivity index (χ4v) is 4.28. The molecule has 1 amide bonds. The van der Waals surface area contributed by atoms with E-state index >= 15 is 0 Å². The maximum absolute atomic E-state index is 12.7. The Bertz CT molecular complexity index is 1090. The smallest absolute Gasteiger partial charge is 0.410 e. The van der Waals surface area contributed by atoms with Crippen LogP contribution in [0.2, 0.25) is 5.02 Å². The van der Waals surface area contributed by atoms with E-state index in [-0.39, 0.29) is 18.1 Å². The van der Waals surface area contributed by atoms with E-state index < -0.39 is 5.60 Å². The highest BCUT2D eigenvalue weighted by molar-refractivity contribution is 6.30. The minimum absolute atomic E-state index is 0.159. The molecule has 0 spiro atoms. The zero-order chi connectivity index (χ0) is 24.8. The van der Waals surface area contributed by atoms with Crippen molar-refractivity contribution in [2.75, 3.05) is 13.1 Å². The lowest BCUT2D eigenvalue weighted by molar-refractivity contribution is -0.0359. The van der Waals surface area contributed by atoms with Crippen LogP contribution in [0.5, 0.6) is 11.5 Å². The molecule has 0 aliphatic carbocycles. The first-order valence-corrected chi connectivity index (χ1v) is 12.3. The third-order valence-electron chi connectivity index (χ3n) is 5.88. The summed E-state index contributed by atoms with van der Waals surface area (Å²) in [7, 11) is 0. The Kier molecular flexibility index (Phi) is 7.99. The van der Waals surface area contributed by atoms with E-state index in [1.165, 1.54) is 0 Å². The van der Waals surface area contributed by atoms with Crippen LogP contribution in [0.4, 0.5) is 4.79 Å². The van der Waals surface area contributed by atoms with Gasteiger partial charge in [-0.05, 0) is 74.7 Å². The van der Waals surface area contributed by atoms with Gasteiger partial charge in [-0.1, -0.05) is 54.1 Å². The van der Waals surface area contributed by atoms with Gasteiger partial charge in [0.15, 0.2) is 0 Å². The van der Waals surface area contributed by atoms with E-state index in [0.717, 1.165) is 29.0 Å². The molecule has 0 radical (unpaired) electrons. The molecule has 0 aromatic heterocycles. The van der Waals surface area contributed by atoms with Crippen LogP contribution in [0.1, 0.15) is 44.2 Å². The molecule has 2 atom stereocenters. The third-order valence-corrected chi connectivity index (χ3v) is 6.13. The van der Waals surface area contributed by atoms with Crippen molar-refractivity contribution in [1.82, 2.24) is 4.90 Å². The quantitative estimate of drug-likeness (QED) is 0.358. The highest BCUT2D eigenvalue weighted by Gasteiger charge is 2.35. The number of halogens is 1. The predicted octanol–water partition coefficient (Wildman–Crippen LogP) is 7.44. The number of likely N-dealkylation sites (tertiary alicyclic amines) is 1. The molecule has 184 valence electrons. The molecular weight excluding hydrogens is 462 g/mol. The molecule has 1 aliphatic rings. The van der Waals surface area contributed by atoms with Crippen LogP contribution in [0.25, 0.3) is 0 Å². The van der Waals surface area contributed by atoms with Crippen LogP contribution in [0.15, 0.2) is 78.9 Å². The lowest BCUT2D eigenvalue weighted by Gasteiger charge is -2.39. The van der Waals surface area contributed by atoms with Crippen molar-refractivity contribution < 1.29 is 19.0 Å². The third kappa shape index (κ3) is 7.23. The zero-order valence-corrected chi connectivity index (χ0v) is 21.2. The molecule has 35 heavy (non-hydrogen) atoms. The highest BCUT2D eigenvalue weighted by Crippen LogP contribution is 2.32. The first-order valence-electron chi connectivity index (χ1n) is 11.9. The Labute approximate surface area is 212 Å². The van der Waals surface area contributed by atoms with Gasteiger partial charge in [0.05, 0.1) is 19.3 Å². The Balaban J connectivity index is 1.43. The van der Waals surface area contributed by atoms with Crippen LogP contribution in [0, 0.1) is 0 Å². The Morgan fingerprint density at radius 1 is 0.943 bits per heavy atom. The number of carbonyl (C=O) groups is 1. The topological polar surface area (TPSA) is 48.0 Å². The lowest BCUT2D eigenvalue weighted by Crippen LogP contribution is -2.48. The van der Waals surface area contributed by atoms with Crippen molar-refractivity contribution in [2.45, 2.75) is 51.4 Å². The summed E-state index contributed by atoms with van der Waals surface area (Å²) in [4.78, 5) is 14.5. The maximum Gasteiger partial charge on any atom is 0.410 e. The predicted molar refractivity (Wildman–Crippen MR) is 138 cm³/mol. The monoisotopic (exact) mass is 493 g/mol. The largest absolute Gasteiger partial charge is 0.457 e. The molecule has 1 heterocycles. The van der Waals surface area contributed by atoms with Gasteiger partial charge in [0.25, 0.3) is 0 Å². The molecule has 3 aromatic carbocycles. The van der Waals surface area contributed by atoms with Crippen molar-refractivity contribution in [2.24, 2.45) is 0 Å². The molecule has 6 heteroatoms. The number of piperidine rings is 1. The fourth-order valence-electron chi connectivity index (χ4n) is 4.15. The minimum Gasteiger partial charge on any atom is -0.457 e. The highest BCUT2D eigenvalue weighted by atomic mass is 35.5. The summed E-state index contributed by atoms with van der Waals surface area (Å²) in [6.07, 6.45) is 0.316. The SMILES string of the molecule is CC(C)(C)OC(=O)N1CCC(c2ccc(Cl)cc2)C(OCc2ccc(Oc3ccccc3)cc2)C1. The number of rotatable bonds is 6. The normalized spacial score (nSPS) is 18.2. The molecule has 0 saturated carbocycles. The summed E-state index contributed by atoms with van der Waals surface area (Å²) in [6.45, 7) is 7.16. The van der Waals surface area contributed by atoms with Gasteiger partial charge in [-0.25, -0.2) is 4.79 Å². The summed E-state index contributed by atoms with van der Waals surface area (Å²) >= 11 is 6.11. The van der Waals surface area contributed by atoms with Crippen LogP contribution < -0.4 is 4.74 Å². The minimum atomic E-state index is -0.538. The summed E-state index contributed by atoms with van der Waals surface area (Å²) in [5, 5.41) is 0.704. The van der Waals surface area contributed by atoms with Gasteiger partial charge >= 0.3 is 6.09 Å². The Hall–Kier alpha value is -3.02. The number of hydrogen-bond acceptors (Lipinski definition) is 4. The van der Waals surface area contributed by atoms with E-state index in [1.54, 1.807) is 4.90 Å². The molecule has 4 rings (SSSR count). The number of nitrogens with zero attached hydrogens (tertiary/aromatic N) is 1. The second-order valence-corrected chi connectivity index (χ2v) is 10.2. The molecule has 2 unspecified atom stereocenters. The van der Waals surface area contributed by atoms with Crippen molar-refractivity contribution in [3.8, 4) is 11.5 Å². The standard InChI is InChI=1S/C29H32ClNO4/c1-29(2,3)35-28(32)31-18-17-26(22-11-13-23(30)14-12-22)27(19-31)33-20-21-9-15-25(16-10-21)34-24-7-5-4-6-8-24/h4-16,26-27H,17-20H2,1-3H3. The number of benzene rings is 3. The van der Waals surface area contributed by atoms with Gasteiger partial charge in [-0.3, -0.25) is 0 Å².